The van der Waals surface area contributed by atoms with Crippen LogP contribution in [0.5, 0.6) is 0 Å². The summed E-state index contributed by atoms with van der Waals surface area (Å²) >= 11 is 0. The van der Waals surface area contributed by atoms with E-state index in [1.807, 2.05) is 18.7 Å². The average molecular weight is 184 g/mol. The molecule has 1 aliphatic rings. The highest BCUT2D eigenvalue weighted by Crippen LogP contribution is 2.20. The van der Waals surface area contributed by atoms with E-state index in [0.717, 1.165) is 19.4 Å². The number of likely N-dealkylation sites (tertiary alicyclic amines) is 1. The summed E-state index contributed by atoms with van der Waals surface area (Å²) in [6.45, 7) is 6.75. The summed E-state index contributed by atoms with van der Waals surface area (Å²) in [6, 6.07) is 0.377. The Hall–Kier alpha value is -0.570. The van der Waals surface area contributed by atoms with Crippen LogP contribution in [-0.4, -0.2) is 28.9 Å². The van der Waals surface area contributed by atoms with Gasteiger partial charge in [0.05, 0.1) is 5.54 Å². The largest absolute Gasteiger partial charge is 0.338 e. The molecule has 0 radical (unpaired) electrons. The Kier molecular flexibility index (Phi) is 2.96. The predicted octanol–water partition coefficient (Wildman–Crippen LogP) is 1.12. The molecule has 13 heavy (non-hydrogen) atoms. The van der Waals surface area contributed by atoms with Crippen molar-refractivity contribution in [3.8, 4) is 0 Å². The Bertz CT molecular complexity index is 201. The maximum absolute atomic E-state index is 11.9. The molecule has 1 saturated heterocycles. The number of carbonyl (C=O) groups is 1. The van der Waals surface area contributed by atoms with E-state index in [2.05, 4.69) is 6.92 Å². The van der Waals surface area contributed by atoms with Gasteiger partial charge in [0.15, 0.2) is 0 Å². The highest BCUT2D eigenvalue weighted by molar-refractivity contribution is 5.86. The van der Waals surface area contributed by atoms with Gasteiger partial charge in [-0.1, -0.05) is 6.92 Å². The van der Waals surface area contributed by atoms with E-state index in [-0.39, 0.29) is 5.91 Å². The molecule has 0 bridgehead atoms. The van der Waals surface area contributed by atoms with Gasteiger partial charge in [-0.3, -0.25) is 4.79 Å². The molecule has 1 heterocycles. The third-order valence-corrected chi connectivity index (χ3v) is 3.04. The van der Waals surface area contributed by atoms with Crippen molar-refractivity contribution < 1.29 is 4.79 Å². The molecule has 0 aromatic heterocycles. The minimum absolute atomic E-state index is 0.111. The van der Waals surface area contributed by atoms with Gasteiger partial charge in [-0.05, 0) is 33.1 Å². The number of rotatable bonds is 2. The lowest BCUT2D eigenvalue weighted by Gasteiger charge is -2.30. The molecule has 76 valence electrons. The Balaban J connectivity index is 2.66. The molecular weight excluding hydrogens is 164 g/mol. The Morgan fingerprint density at radius 3 is 2.69 bits per heavy atom. The van der Waals surface area contributed by atoms with Crippen LogP contribution in [0.2, 0.25) is 0 Å². The van der Waals surface area contributed by atoms with Crippen molar-refractivity contribution in [2.75, 3.05) is 6.54 Å². The van der Waals surface area contributed by atoms with Crippen LogP contribution in [0, 0.1) is 0 Å². The van der Waals surface area contributed by atoms with Crippen molar-refractivity contribution in [1.82, 2.24) is 4.90 Å². The van der Waals surface area contributed by atoms with Crippen LogP contribution >= 0.6 is 0 Å². The van der Waals surface area contributed by atoms with Crippen LogP contribution < -0.4 is 5.73 Å². The quantitative estimate of drug-likeness (QED) is 0.699. The lowest BCUT2D eigenvalue weighted by Crippen LogP contribution is -2.53. The van der Waals surface area contributed by atoms with Crippen molar-refractivity contribution in [3.63, 3.8) is 0 Å². The Labute approximate surface area is 80.3 Å². The van der Waals surface area contributed by atoms with E-state index >= 15 is 0 Å². The number of hydrogen-bond acceptors (Lipinski definition) is 2. The first-order chi connectivity index (χ1) is 5.99. The van der Waals surface area contributed by atoms with Gasteiger partial charge in [0.1, 0.15) is 0 Å². The fraction of sp³-hybridized carbons (Fsp3) is 0.900. The molecular formula is C10H20N2O. The normalized spacial score (nSPS) is 27.4. The highest BCUT2D eigenvalue weighted by atomic mass is 16.2. The van der Waals surface area contributed by atoms with Gasteiger partial charge in [0.2, 0.25) is 5.91 Å². The van der Waals surface area contributed by atoms with Crippen molar-refractivity contribution in [2.45, 2.75) is 51.6 Å². The molecule has 2 atom stereocenters. The first-order valence-corrected chi connectivity index (χ1v) is 5.09. The lowest BCUT2D eigenvalue weighted by molar-refractivity contribution is -0.137. The third-order valence-electron chi connectivity index (χ3n) is 3.04. The maximum Gasteiger partial charge on any atom is 0.242 e. The molecule has 2 unspecified atom stereocenters. The van der Waals surface area contributed by atoms with Crippen molar-refractivity contribution >= 4 is 5.91 Å². The second-order valence-electron chi connectivity index (χ2n) is 4.26. The van der Waals surface area contributed by atoms with Gasteiger partial charge in [0, 0.05) is 12.6 Å². The average Bonchev–Trinajstić information content (AvgIpc) is 2.50. The monoisotopic (exact) mass is 184 g/mol. The molecule has 0 saturated carbocycles. The number of nitrogens with two attached hydrogens (primary N) is 1. The fourth-order valence-electron chi connectivity index (χ4n) is 1.71. The van der Waals surface area contributed by atoms with E-state index in [1.54, 1.807) is 0 Å². The summed E-state index contributed by atoms with van der Waals surface area (Å²) in [5.41, 5.74) is 5.24. The van der Waals surface area contributed by atoms with E-state index < -0.39 is 5.54 Å². The molecule has 1 aliphatic heterocycles. The summed E-state index contributed by atoms with van der Waals surface area (Å²) in [5, 5.41) is 0. The van der Waals surface area contributed by atoms with Crippen LogP contribution in [-0.2, 0) is 4.79 Å². The summed E-state index contributed by atoms with van der Waals surface area (Å²) < 4.78 is 0. The zero-order chi connectivity index (χ0) is 10.1. The van der Waals surface area contributed by atoms with E-state index in [4.69, 9.17) is 5.73 Å². The van der Waals surface area contributed by atoms with E-state index in [9.17, 15) is 4.79 Å². The molecule has 0 aromatic carbocycles. The number of carbonyl (C=O) groups excluding carboxylic acids is 1. The van der Waals surface area contributed by atoms with Gasteiger partial charge < -0.3 is 10.6 Å². The Morgan fingerprint density at radius 1 is 1.69 bits per heavy atom. The first kappa shape index (κ1) is 10.5. The van der Waals surface area contributed by atoms with Crippen molar-refractivity contribution in [2.24, 2.45) is 5.73 Å². The second kappa shape index (κ2) is 3.66. The summed E-state index contributed by atoms with van der Waals surface area (Å²) in [5.74, 6) is 0.111. The fourth-order valence-corrected chi connectivity index (χ4v) is 1.71. The maximum atomic E-state index is 11.9. The van der Waals surface area contributed by atoms with Gasteiger partial charge in [-0.25, -0.2) is 0 Å². The summed E-state index contributed by atoms with van der Waals surface area (Å²) in [7, 11) is 0. The number of amides is 1. The Morgan fingerprint density at radius 2 is 2.31 bits per heavy atom. The number of nitrogens with zero attached hydrogens (tertiary/aromatic N) is 1. The molecule has 0 aromatic rings. The molecule has 0 aliphatic carbocycles. The van der Waals surface area contributed by atoms with Crippen molar-refractivity contribution in [1.29, 1.82) is 0 Å². The predicted molar refractivity (Wildman–Crippen MR) is 53.3 cm³/mol. The molecule has 1 amide bonds. The summed E-state index contributed by atoms with van der Waals surface area (Å²) in [4.78, 5) is 13.8. The molecule has 3 heteroatoms. The SMILES string of the molecule is CCC(C)(N)C(=O)N1CCCC1C. The van der Waals surface area contributed by atoms with Crippen LogP contribution in [0.1, 0.15) is 40.0 Å². The third kappa shape index (κ3) is 2.02. The van der Waals surface area contributed by atoms with Crippen LogP contribution in [0.3, 0.4) is 0 Å². The zero-order valence-corrected chi connectivity index (χ0v) is 8.84. The molecule has 2 N–H and O–H groups in total. The lowest BCUT2D eigenvalue weighted by atomic mass is 9.98. The molecule has 3 nitrogen and oxygen atoms in total. The highest BCUT2D eigenvalue weighted by Gasteiger charge is 2.35. The van der Waals surface area contributed by atoms with Gasteiger partial charge >= 0.3 is 0 Å². The number of hydrogen-bond donors (Lipinski definition) is 1. The standard InChI is InChI=1S/C10H20N2O/c1-4-10(3,11)9(13)12-7-5-6-8(12)2/h8H,4-7,11H2,1-3H3. The zero-order valence-electron chi connectivity index (χ0n) is 8.84. The first-order valence-electron chi connectivity index (χ1n) is 5.09. The van der Waals surface area contributed by atoms with E-state index in [0.29, 0.717) is 12.5 Å². The topological polar surface area (TPSA) is 46.3 Å². The van der Waals surface area contributed by atoms with Crippen LogP contribution in [0.25, 0.3) is 0 Å². The molecule has 1 fully saturated rings. The minimum Gasteiger partial charge on any atom is -0.338 e. The van der Waals surface area contributed by atoms with Gasteiger partial charge in [-0.2, -0.15) is 0 Å². The molecule has 1 rings (SSSR count). The smallest absolute Gasteiger partial charge is 0.242 e. The van der Waals surface area contributed by atoms with Gasteiger partial charge in [-0.15, -0.1) is 0 Å². The van der Waals surface area contributed by atoms with Crippen LogP contribution in [0.4, 0.5) is 0 Å². The van der Waals surface area contributed by atoms with Crippen molar-refractivity contribution in [3.05, 3.63) is 0 Å². The minimum atomic E-state index is -0.668. The van der Waals surface area contributed by atoms with E-state index in [1.165, 1.54) is 0 Å². The van der Waals surface area contributed by atoms with Gasteiger partial charge in [0.25, 0.3) is 0 Å². The van der Waals surface area contributed by atoms with Crippen LogP contribution in [0.15, 0.2) is 0 Å². The molecule has 0 spiro atoms. The summed E-state index contributed by atoms with van der Waals surface area (Å²) in [6.07, 6.45) is 2.94. The second-order valence-corrected chi connectivity index (χ2v) is 4.26.